The number of phenolic OH excluding ortho intramolecular Hbond substituents is 1. The van der Waals surface area contributed by atoms with Gasteiger partial charge in [-0.15, -0.1) is 0 Å². The summed E-state index contributed by atoms with van der Waals surface area (Å²) in [5.41, 5.74) is 0.690. The third-order valence-corrected chi connectivity index (χ3v) is 1.19. The van der Waals surface area contributed by atoms with Crippen LogP contribution in [0, 0.1) is 0 Å². The molecule has 1 aromatic carbocycles. The minimum absolute atomic E-state index is 0.115. The van der Waals surface area contributed by atoms with E-state index in [0.29, 0.717) is 5.69 Å². The zero-order chi connectivity index (χ0) is 11.0. The van der Waals surface area contributed by atoms with Crippen molar-refractivity contribution in [1.29, 1.82) is 0 Å². The van der Waals surface area contributed by atoms with Crippen LogP contribution in [-0.2, 0) is 33.7 Å². The van der Waals surface area contributed by atoms with Gasteiger partial charge in [0.15, 0.2) is 0 Å². The number of hydrogen-bond acceptors (Lipinski definition) is 4. The van der Waals surface area contributed by atoms with Crippen molar-refractivity contribution in [2.24, 2.45) is 0 Å². The summed E-state index contributed by atoms with van der Waals surface area (Å²) in [6.07, 6.45) is 0. The Kier molecular flexibility index (Phi) is 6.84. The molecule has 0 saturated heterocycles. The summed E-state index contributed by atoms with van der Waals surface area (Å²) in [7, 11) is 0. The Hall–Kier alpha value is -1.03. The van der Waals surface area contributed by atoms with Gasteiger partial charge in [0.25, 0.3) is 0 Å². The molecule has 6 heteroatoms. The van der Waals surface area contributed by atoms with Crippen LogP contribution in [0.5, 0.6) is 5.75 Å². The maximum atomic E-state index is 10.5. The molecule has 0 spiro atoms. The fourth-order valence-corrected chi connectivity index (χ4v) is 0.748. The summed E-state index contributed by atoms with van der Waals surface area (Å²) in [4.78, 5) is 10.5. The number of amides is 1. The van der Waals surface area contributed by atoms with Crippen LogP contribution >= 0.6 is 0 Å². The molecule has 0 aliphatic carbocycles. The Morgan fingerprint density at radius 2 is 1.71 bits per heavy atom. The van der Waals surface area contributed by atoms with Crippen LogP contribution in [0.25, 0.3) is 0 Å². The summed E-state index contributed by atoms with van der Waals surface area (Å²) in [6, 6.07) is 6.31. The first-order valence-corrected chi connectivity index (χ1v) is 5.66. The van der Waals surface area contributed by atoms with Gasteiger partial charge in [0, 0.05) is 12.6 Å². The van der Waals surface area contributed by atoms with Gasteiger partial charge in [-0.1, -0.05) is 0 Å². The molecule has 0 unspecified atom stereocenters. The van der Waals surface area contributed by atoms with E-state index in [1.165, 1.54) is 19.1 Å². The molecule has 0 bridgehead atoms. The Labute approximate surface area is 92.6 Å². The number of aromatic hydroxyl groups is 1. The number of nitrogens with one attached hydrogen (secondary N) is 1. The SMILES string of the molecule is CC(=O)Nc1ccc(O)cc1.[O]=[Zr]=[O]. The molecule has 0 fully saturated rings. The van der Waals surface area contributed by atoms with E-state index in [9.17, 15) is 4.79 Å². The van der Waals surface area contributed by atoms with E-state index in [1.54, 1.807) is 12.1 Å². The second-order valence-electron chi connectivity index (χ2n) is 2.31. The molecule has 74 valence electrons. The number of hydrogen-bond donors (Lipinski definition) is 2. The van der Waals surface area contributed by atoms with Crippen LogP contribution in [0.4, 0.5) is 5.69 Å². The topological polar surface area (TPSA) is 83.5 Å². The van der Waals surface area contributed by atoms with Crippen molar-refractivity contribution >= 4 is 11.6 Å². The number of anilines is 1. The van der Waals surface area contributed by atoms with Gasteiger partial charge in [0.05, 0.1) is 0 Å². The second-order valence-corrected chi connectivity index (χ2v) is 2.72. The summed E-state index contributed by atoms with van der Waals surface area (Å²) in [5, 5.41) is 11.5. The molecule has 0 saturated carbocycles. The molecule has 14 heavy (non-hydrogen) atoms. The molecular formula is C8H9NO4Zr. The van der Waals surface area contributed by atoms with E-state index in [2.05, 4.69) is 5.32 Å². The predicted octanol–water partition coefficient (Wildman–Crippen LogP) is 1.11. The van der Waals surface area contributed by atoms with Crippen LogP contribution in [0.15, 0.2) is 24.3 Å². The number of carbonyl (C=O) groups excluding carboxylic acids is 1. The fraction of sp³-hybridized carbons (Fsp3) is 0.125. The van der Waals surface area contributed by atoms with Gasteiger partial charge in [0.1, 0.15) is 5.75 Å². The van der Waals surface area contributed by atoms with Crippen LogP contribution in [0.3, 0.4) is 0 Å². The van der Waals surface area contributed by atoms with E-state index < -0.39 is 23.2 Å². The number of carbonyl (C=O) groups is 1. The minimum atomic E-state index is -2.27. The molecule has 1 rings (SSSR count). The number of benzene rings is 1. The van der Waals surface area contributed by atoms with Gasteiger partial charge >= 0.3 is 28.9 Å². The molecule has 2 N–H and O–H groups in total. The van der Waals surface area contributed by atoms with Crippen molar-refractivity contribution < 1.29 is 38.8 Å². The summed E-state index contributed by atoms with van der Waals surface area (Å²) < 4.78 is 17.1. The third-order valence-electron chi connectivity index (χ3n) is 1.19. The summed E-state index contributed by atoms with van der Waals surface area (Å²) in [6.45, 7) is 1.44. The first kappa shape index (κ1) is 13.0. The molecule has 0 radical (unpaired) electrons. The zero-order valence-corrected chi connectivity index (χ0v) is 9.94. The van der Waals surface area contributed by atoms with Crippen molar-refractivity contribution in [3.05, 3.63) is 24.3 Å². The second kappa shape index (κ2) is 7.38. The van der Waals surface area contributed by atoms with Crippen LogP contribution in [0.1, 0.15) is 6.92 Å². The standard InChI is InChI=1S/C8H9NO2.2O.Zr/c1-6(10)9-7-2-4-8(11)5-3-7;;;/h2-5,11H,1H3,(H,9,10);;;. The Bertz CT molecular complexity index is 330. The Balaban J connectivity index is 0.000000500. The Morgan fingerprint density at radius 3 is 2.07 bits per heavy atom. The van der Waals surface area contributed by atoms with E-state index >= 15 is 0 Å². The fourth-order valence-electron chi connectivity index (χ4n) is 0.748. The third kappa shape index (κ3) is 6.48. The molecule has 1 amide bonds. The average molecular weight is 274 g/mol. The van der Waals surface area contributed by atoms with Crippen molar-refractivity contribution in [3.8, 4) is 5.75 Å². The number of rotatable bonds is 1. The van der Waals surface area contributed by atoms with E-state index in [0.717, 1.165) is 0 Å². The van der Waals surface area contributed by atoms with Gasteiger partial charge < -0.3 is 10.4 Å². The first-order chi connectivity index (χ1) is 6.60. The molecule has 0 atom stereocenters. The quantitative estimate of drug-likeness (QED) is 0.751. The van der Waals surface area contributed by atoms with Crippen LogP contribution < -0.4 is 5.32 Å². The molecule has 0 aliphatic heterocycles. The predicted molar refractivity (Wildman–Crippen MR) is 43.8 cm³/mol. The van der Waals surface area contributed by atoms with E-state index in [-0.39, 0.29) is 11.7 Å². The summed E-state index contributed by atoms with van der Waals surface area (Å²) in [5.74, 6) is 0.0785. The number of phenols is 1. The Morgan fingerprint density at radius 1 is 1.29 bits per heavy atom. The summed E-state index contributed by atoms with van der Waals surface area (Å²) >= 11 is -2.27. The average Bonchev–Trinajstić information content (AvgIpc) is 2.09. The molecule has 0 heterocycles. The van der Waals surface area contributed by atoms with Crippen molar-refractivity contribution in [3.63, 3.8) is 0 Å². The van der Waals surface area contributed by atoms with Crippen LogP contribution in [0.2, 0.25) is 0 Å². The van der Waals surface area contributed by atoms with Gasteiger partial charge in [-0.2, -0.15) is 0 Å². The normalized spacial score (nSPS) is 7.79. The molecule has 1 aromatic rings. The first-order valence-electron chi connectivity index (χ1n) is 3.66. The molecule has 5 nitrogen and oxygen atoms in total. The monoisotopic (exact) mass is 273 g/mol. The van der Waals surface area contributed by atoms with Crippen LogP contribution in [-0.4, -0.2) is 11.0 Å². The van der Waals surface area contributed by atoms with Crippen molar-refractivity contribution in [2.45, 2.75) is 6.92 Å². The maximum absolute atomic E-state index is 10.5. The van der Waals surface area contributed by atoms with Crippen molar-refractivity contribution in [1.82, 2.24) is 0 Å². The van der Waals surface area contributed by atoms with Gasteiger partial charge in [-0.3, -0.25) is 4.79 Å². The van der Waals surface area contributed by atoms with Gasteiger partial charge in [0.2, 0.25) is 5.91 Å². The van der Waals surface area contributed by atoms with Gasteiger partial charge in [-0.05, 0) is 24.3 Å². The van der Waals surface area contributed by atoms with Crippen molar-refractivity contribution in [2.75, 3.05) is 5.32 Å². The molecule has 0 aromatic heterocycles. The van der Waals surface area contributed by atoms with Gasteiger partial charge in [-0.25, -0.2) is 0 Å². The zero-order valence-electron chi connectivity index (χ0n) is 7.48. The van der Waals surface area contributed by atoms with E-state index in [4.69, 9.17) is 10.7 Å². The molecular weight excluding hydrogens is 265 g/mol. The van der Waals surface area contributed by atoms with E-state index in [1.807, 2.05) is 0 Å². The molecule has 0 aliphatic rings.